The number of aryl methyl sites for hydroxylation is 1. The molecule has 2 aromatic rings. The number of nitrogens with zero attached hydrogens (tertiary/aromatic N) is 2. The quantitative estimate of drug-likeness (QED) is 0.436. The summed E-state index contributed by atoms with van der Waals surface area (Å²) in [7, 11) is 0. The Labute approximate surface area is 188 Å². The van der Waals surface area contributed by atoms with Crippen LogP contribution in [0.2, 0.25) is 10.0 Å². The highest BCUT2D eigenvalue weighted by atomic mass is 35.5. The first-order chi connectivity index (χ1) is 14.1. The molecule has 0 bridgehead atoms. The number of amides is 2. The second-order valence-corrected chi connectivity index (χ2v) is 8.87. The molecule has 0 atom stereocenters. The summed E-state index contributed by atoms with van der Waals surface area (Å²) in [4.78, 5) is 37.9. The minimum absolute atomic E-state index is 0.256. The molecule has 2 amide bonds. The standard InChI is InChI=1S/C21H20Cl2N2O4S/c1-11(2)29-19(26)10-24-20(27)18(30-21(24)28)8-14-7-12(3)25(13(14)4)15-5-6-16(22)17(23)9-15/h5-9,11H,10H2,1-4H3/b18-8-. The molecule has 158 valence electrons. The third-order valence-electron chi connectivity index (χ3n) is 4.45. The lowest BCUT2D eigenvalue weighted by Crippen LogP contribution is -2.35. The molecule has 9 heteroatoms. The van der Waals surface area contributed by atoms with Gasteiger partial charge in [-0.15, -0.1) is 0 Å². The van der Waals surface area contributed by atoms with Crippen molar-refractivity contribution < 1.29 is 19.1 Å². The highest BCUT2D eigenvalue weighted by Gasteiger charge is 2.37. The SMILES string of the molecule is Cc1cc(/C=C2\SC(=O)N(CC(=O)OC(C)C)C2=O)c(C)n1-c1ccc(Cl)c(Cl)c1. The summed E-state index contributed by atoms with van der Waals surface area (Å²) in [6, 6.07) is 7.26. The maximum absolute atomic E-state index is 12.7. The Bertz CT molecular complexity index is 1080. The Morgan fingerprint density at radius 2 is 1.87 bits per heavy atom. The molecule has 0 spiro atoms. The average Bonchev–Trinajstić information content (AvgIpc) is 3.07. The Morgan fingerprint density at radius 1 is 1.17 bits per heavy atom. The molecule has 1 aromatic heterocycles. The maximum Gasteiger partial charge on any atom is 0.326 e. The van der Waals surface area contributed by atoms with E-state index >= 15 is 0 Å². The van der Waals surface area contributed by atoms with Crippen molar-refractivity contribution in [3.8, 4) is 5.69 Å². The van der Waals surface area contributed by atoms with Crippen LogP contribution >= 0.6 is 35.0 Å². The maximum atomic E-state index is 12.7. The first kappa shape index (κ1) is 22.5. The van der Waals surface area contributed by atoms with Crippen LogP contribution in [0, 0.1) is 13.8 Å². The number of halogens is 2. The Kier molecular flexibility index (Phi) is 6.65. The number of hydrogen-bond acceptors (Lipinski definition) is 5. The van der Waals surface area contributed by atoms with Gasteiger partial charge < -0.3 is 9.30 Å². The van der Waals surface area contributed by atoms with Gasteiger partial charge in [0, 0.05) is 17.1 Å². The van der Waals surface area contributed by atoms with Gasteiger partial charge in [0.1, 0.15) is 6.54 Å². The zero-order chi connectivity index (χ0) is 22.2. The molecule has 30 heavy (non-hydrogen) atoms. The molecular formula is C21H20Cl2N2O4S. The Hall–Kier alpha value is -2.22. The van der Waals surface area contributed by atoms with E-state index in [1.807, 2.05) is 30.5 Å². The minimum Gasteiger partial charge on any atom is -0.462 e. The monoisotopic (exact) mass is 466 g/mol. The highest BCUT2D eigenvalue weighted by molar-refractivity contribution is 8.18. The van der Waals surface area contributed by atoms with Crippen molar-refractivity contribution in [1.29, 1.82) is 0 Å². The lowest BCUT2D eigenvalue weighted by atomic mass is 10.2. The summed E-state index contributed by atoms with van der Waals surface area (Å²) in [5.74, 6) is -1.13. The van der Waals surface area contributed by atoms with Gasteiger partial charge in [0.05, 0.1) is 21.1 Å². The predicted molar refractivity (Wildman–Crippen MR) is 119 cm³/mol. The van der Waals surface area contributed by atoms with Gasteiger partial charge >= 0.3 is 5.97 Å². The molecular weight excluding hydrogens is 447 g/mol. The molecule has 0 unspecified atom stereocenters. The molecule has 1 aromatic carbocycles. The second-order valence-electron chi connectivity index (χ2n) is 7.07. The van der Waals surface area contributed by atoms with Gasteiger partial charge in [0.25, 0.3) is 11.1 Å². The van der Waals surface area contributed by atoms with Gasteiger partial charge in [-0.05, 0) is 75.4 Å². The molecule has 0 N–H and O–H groups in total. The molecule has 3 rings (SSSR count). The summed E-state index contributed by atoms with van der Waals surface area (Å²) in [6.07, 6.45) is 1.34. The number of rotatable bonds is 5. The van der Waals surface area contributed by atoms with Crippen LogP contribution in [0.15, 0.2) is 29.2 Å². The van der Waals surface area contributed by atoms with E-state index in [0.29, 0.717) is 10.0 Å². The molecule has 1 aliphatic heterocycles. The number of carbonyl (C=O) groups excluding carboxylic acids is 3. The van der Waals surface area contributed by atoms with Crippen molar-refractivity contribution in [3.05, 3.63) is 56.2 Å². The average molecular weight is 467 g/mol. The number of thioether (sulfide) groups is 1. The van der Waals surface area contributed by atoms with Crippen molar-refractivity contribution in [1.82, 2.24) is 9.47 Å². The van der Waals surface area contributed by atoms with Crippen LogP contribution in [0.3, 0.4) is 0 Å². The van der Waals surface area contributed by atoms with Gasteiger partial charge in [-0.1, -0.05) is 23.2 Å². The topological polar surface area (TPSA) is 68.6 Å². The normalized spacial score (nSPS) is 15.6. The van der Waals surface area contributed by atoms with Gasteiger partial charge in [-0.25, -0.2) is 0 Å². The van der Waals surface area contributed by atoms with Gasteiger partial charge in [-0.3, -0.25) is 19.3 Å². The zero-order valence-corrected chi connectivity index (χ0v) is 19.2. The lowest BCUT2D eigenvalue weighted by Gasteiger charge is -2.13. The van der Waals surface area contributed by atoms with E-state index in [1.54, 1.807) is 32.1 Å². The largest absolute Gasteiger partial charge is 0.462 e. The summed E-state index contributed by atoms with van der Waals surface area (Å²) in [5.41, 5.74) is 3.42. The van der Waals surface area contributed by atoms with Crippen LogP contribution in [-0.4, -0.2) is 39.2 Å². The van der Waals surface area contributed by atoms with E-state index in [0.717, 1.165) is 39.3 Å². The lowest BCUT2D eigenvalue weighted by molar-refractivity contribution is -0.149. The fourth-order valence-electron chi connectivity index (χ4n) is 3.16. The number of imide groups is 1. The van der Waals surface area contributed by atoms with Crippen molar-refractivity contribution in [2.75, 3.05) is 6.54 Å². The smallest absolute Gasteiger partial charge is 0.326 e. The number of hydrogen-bond donors (Lipinski definition) is 0. The summed E-state index contributed by atoms with van der Waals surface area (Å²) in [6.45, 7) is 6.85. The van der Waals surface area contributed by atoms with E-state index in [4.69, 9.17) is 27.9 Å². The van der Waals surface area contributed by atoms with Crippen LogP contribution in [0.1, 0.15) is 30.8 Å². The molecule has 1 fully saturated rings. The van der Waals surface area contributed by atoms with Gasteiger partial charge in [-0.2, -0.15) is 0 Å². The number of carbonyl (C=O) groups is 3. The summed E-state index contributed by atoms with van der Waals surface area (Å²) in [5, 5.41) is 0.413. The fraction of sp³-hybridized carbons (Fsp3) is 0.286. The number of aromatic nitrogens is 1. The fourth-order valence-corrected chi connectivity index (χ4v) is 4.28. The van der Waals surface area contributed by atoms with E-state index in [1.165, 1.54) is 0 Å². The highest BCUT2D eigenvalue weighted by Crippen LogP contribution is 2.34. The number of benzene rings is 1. The molecule has 0 aliphatic carbocycles. The zero-order valence-electron chi connectivity index (χ0n) is 16.9. The van der Waals surface area contributed by atoms with Crippen LogP contribution in [0.5, 0.6) is 0 Å². The van der Waals surface area contributed by atoms with Crippen molar-refractivity contribution in [2.24, 2.45) is 0 Å². The first-order valence-electron chi connectivity index (χ1n) is 9.17. The van der Waals surface area contributed by atoms with Crippen LogP contribution in [0.4, 0.5) is 4.79 Å². The molecule has 2 heterocycles. The van der Waals surface area contributed by atoms with Gasteiger partial charge in [0.2, 0.25) is 0 Å². The predicted octanol–water partition coefficient (Wildman–Crippen LogP) is 5.39. The third-order valence-corrected chi connectivity index (χ3v) is 6.09. The number of esters is 1. The molecule has 1 saturated heterocycles. The van der Waals surface area contributed by atoms with Crippen LogP contribution < -0.4 is 0 Å². The first-order valence-corrected chi connectivity index (χ1v) is 10.7. The molecule has 0 saturated carbocycles. The number of ether oxygens (including phenoxy) is 1. The van der Waals surface area contributed by atoms with Crippen molar-refractivity contribution >= 4 is 58.2 Å². The Balaban J connectivity index is 1.89. The van der Waals surface area contributed by atoms with E-state index < -0.39 is 23.7 Å². The van der Waals surface area contributed by atoms with Crippen molar-refractivity contribution in [2.45, 2.75) is 33.8 Å². The molecule has 1 aliphatic rings. The van der Waals surface area contributed by atoms with E-state index in [2.05, 4.69) is 0 Å². The van der Waals surface area contributed by atoms with E-state index in [-0.39, 0.29) is 11.0 Å². The van der Waals surface area contributed by atoms with Crippen LogP contribution in [-0.2, 0) is 14.3 Å². The van der Waals surface area contributed by atoms with Crippen LogP contribution in [0.25, 0.3) is 11.8 Å². The van der Waals surface area contributed by atoms with Crippen molar-refractivity contribution in [3.63, 3.8) is 0 Å². The third kappa shape index (κ3) is 4.58. The van der Waals surface area contributed by atoms with E-state index in [9.17, 15) is 14.4 Å². The molecule has 0 radical (unpaired) electrons. The summed E-state index contributed by atoms with van der Waals surface area (Å²) >= 11 is 13.0. The summed E-state index contributed by atoms with van der Waals surface area (Å²) < 4.78 is 7.01. The Morgan fingerprint density at radius 3 is 2.50 bits per heavy atom. The second kappa shape index (κ2) is 8.88. The molecule has 6 nitrogen and oxygen atoms in total. The minimum atomic E-state index is -0.619. The van der Waals surface area contributed by atoms with Gasteiger partial charge in [0.15, 0.2) is 0 Å².